The molecule has 3 aromatic carbocycles. The average molecular weight is 440 g/mol. The lowest BCUT2D eigenvalue weighted by molar-refractivity contribution is 0.0734. The van der Waals surface area contributed by atoms with Crippen molar-refractivity contribution in [2.24, 2.45) is 0 Å². The van der Waals surface area contributed by atoms with Crippen LogP contribution in [0.5, 0.6) is 17.2 Å². The second kappa shape index (κ2) is 7.89. The molecule has 0 aliphatic carbocycles. The number of hydrogen-bond donors (Lipinski definition) is 0. The van der Waals surface area contributed by atoms with Crippen molar-refractivity contribution in [1.82, 2.24) is 9.47 Å². The van der Waals surface area contributed by atoms with Crippen LogP contribution in [0, 0.1) is 0 Å². The molecule has 0 saturated carbocycles. The summed E-state index contributed by atoms with van der Waals surface area (Å²) in [6.07, 6.45) is 2.74. The molecule has 33 heavy (non-hydrogen) atoms. The number of methoxy groups -OCH3 is 1. The van der Waals surface area contributed by atoms with Crippen molar-refractivity contribution >= 4 is 16.8 Å². The standard InChI is InChI=1S/C27H24N2O4/c1-31-25-21-15-28(12-11-19(21)13-24-26(25)33-17-32-24)27(30)22-16-29(14-18-7-3-2-4-8-18)23-10-6-5-9-20(22)23/h2-10,13,16H,11-12,14-15,17H2,1H3. The zero-order valence-electron chi connectivity index (χ0n) is 18.4. The Bertz CT molecular complexity index is 1360. The minimum Gasteiger partial charge on any atom is -0.492 e. The van der Waals surface area contributed by atoms with E-state index in [4.69, 9.17) is 14.2 Å². The van der Waals surface area contributed by atoms with Crippen molar-refractivity contribution in [3.05, 3.63) is 89.1 Å². The normalized spacial score (nSPS) is 14.4. The quantitative estimate of drug-likeness (QED) is 0.465. The van der Waals surface area contributed by atoms with Gasteiger partial charge in [0.05, 0.1) is 19.2 Å². The van der Waals surface area contributed by atoms with E-state index in [1.807, 2.05) is 53.6 Å². The molecule has 6 rings (SSSR count). The van der Waals surface area contributed by atoms with Crippen molar-refractivity contribution in [1.29, 1.82) is 0 Å². The Morgan fingerprint density at radius 2 is 1.88 bits per heavy atom. The molecule has 3 heterocycles. The van der Waals surface area contributed by atoms with Gasteiger partial charge in [-0.3, -0.25) is 4.79 Å². The van der Waals surface area contributed by atoms with Gasteiger partial charge in [0.25, 0.3) is 5.91 Å². The topological polar surface area (TPSA) is 52.9 Å². The summed E-state index contributed by atoms with van der Waals surface area (Å²) in [7, 11) is 1.63. The van der Waals surface area contributed by atoms with Gasteiger partial charge in [-0.15, -0.1) is 0 Å². The molecule has 1 aromatic heterocycles. The molecular formula is C27H24N2O4. The highest BCUT2D eigenvalue weighted by Crippen LogP contribution is 2.46. The van der Waals surface area contributed by atoms with Gasteiger partial charge < -0.3 is 23.7 Å². The Hall–Kier alpha value is -3.93. The maximum Gasteiger partial charge on any atom is 0.256 e. The summed E-state index contributed by atoms with van der Waals surface area (Å²) in [5, 5.41) is 0.974. The molecule has 6 nitrogen and oxygen atoms in total. The van der Waals surface area contributed by atoms with Crippen LogP contribution in [0.25, 0.3) is 10.9 Å². The Morgan fingerprint density at radius 3 is 2.73 bits per heavy atom. The van der Waals surface area contributed by atoms with E-state index in [0.717, 1.165) is 40.6 Å². The summed E-state index contributed by atoms with van der Waals surface area (Å²) in [6, 6.07) is 20.4. The monoisotopic (exact) mass is 440 g/mol. The van der Waals surface area contributed by atoms with Gasteiger partial charge >= 0.3 is 0 Å². The predicted octanol–water partition coefficient (Wildman–Crippen LogP) is 4.63. The highest BCUT2D eigenvalue weighted by Gasteiger charge is 2.31. The summed E-state index contributed by atoms with van der Waals surface area (Å²) in [5.74, 6) is 2.05. The fourth-order valence-corrected chi connectivity index (χ4v) is 4.91. The minimum atomic E-state index is 0.0309. The van der Waals surface area contributed by atoms with Crippen LogP contribution >= 0.6 is 0 Å². The fourth-order valence-electron chi connectivity index (χ4n) is 4.91. The second-order valence-electron chi connectivity index (χ2n) is 8.43. The maximum absolute atomic E-state index is 13.7. The molecule has 1 amide bonds. The van der Waals surface area contributed by atoms with E-state index >= 15 is 0 Å². The summed E-state index contributed by atoms with van der Waals surface area (Å²) >= 11 is 0. The number of ether oxygens (including phenoxy) is 3. The lowest BCUT2D eigenvalue weighted by Crippen LogP contribution is -2.36. The Morgan fingerprint density at radius 1 is 1.06 bits per heavy atom. The Labute approximate surface area is 191 Å². The van der Waals surface area contributed by atoms with Gasteiger partial charge in [-0.1, -0.05) is 48.5 Å². The molecular weight excluding hydrogens is 416 g/mol. The van der Waals surface area contributed by atoms with E-state index in [9.17, 15) is 4.79 Å². The number of fused-ring (bicyclic) bond motifs is 3. The molecule has 0 unspecified atom stereocenters. The van der Waals surface area contributed by atoms with Crippen molar-refractivity contribution < 1.29 is 19.0 Å². The van der Waals surface area contributed by atoms with Gasteiger partial charge in [0.1, 0.15) is 0 Å². The molecule has 2 aliphatic heterocycles. The smallest absolute Gasteiger partial charge is 0.256 e. The number of hydrogen-bond acceptors (Lipinski definition) is 4. The van der Waals surface area contributed by atoms with Crippen LogP contribution in [0.4, 0.5) is 0 Å². The van der Waals surface area contributed by atoms with Crippen LogP contribution in [0.3, 0.4) is 0 Å². The Balaban J connectivity index is 1.35. The van der Waals surface area contributed by atoms with E-state index in [0.29, 0.717) is 30.3 Å². The molecule has 0 bridgehead atoms. The molecule has 4 aromatic rings. The number of para-hydroxylation sites is 1. The first kappa shape index (κ1) is 19.7. The summed E-state index contributed by atoms with van der Waals surface area (Å²) < 4.78 is 19.0. The van der Waals surface area contributed by atoms with E-state index < -0.39 is 0 Å². The van der Waals surface area contributed by atoms with Crippen LogP contribution in [0.1, 0.15) is 27.0 Å². The Kier molecular flexibility index (Phi) is 4.72. The average Bonchev–Trinajstić information content (AvgIpc) is 3.47. The van der Waals surface area contributed by atoms with Crippen molar-refractivity contribution in [2.75, 3.05) is 20.4 Å². The molecule has 0 fully saturated rings. The lowest BCUT2D eigenvalue weighted by Gasteiger charge is -2.30. The third-order valence-corrected chi connectivity index (χ3v) is 6.52. The number of nitrogens with zero attached hydrogens (tertiary/aromatic N) is 2. The fraction of sp³-hybridized carbons (Fsp3) is 0.222. The van der Waals surface area contributed by atoms with Gasteiger partial charge in [0.2, 0.25) is 12.5 Å². The second-order valence-corrected chi connectivity index (χ2v) is 8.43. The van der Waals surface area contributed by atoms with Crippen molar-refractivity contribution in [3.63, 3.8) is 0 Å². The first-order chi connectivity index (χ1) is 16.2. The van der Waals surface area contributed by atoms with Gasteiger partial charge in [0.15, 0.2) is 11.5 Å². The lowest BCUT2D eigenvalue weighted by atomic mass is 9.97. The summed E-state index contributed by atoms with van der Waals surface area (Å²) in [4.78, 5) is 15.6. The zero-order chi connectivity index (χ0) is 22.4. The highest BCUT2D eigenvalue weighted by molar-refractivity contribution is 6.07. The number of amides is 1. The van der Waals surface area contributed by atoms with Crippen molar-refractivity contribution in [3.8, 4) is 17.2 Å². The summed E-state index contributed by atoms with van der Waals surface area (Å²) in [6.45, 7) is 2.03. The number of rotatable bonds is 4. The molecule has 2 aliphatic rings. The van der Waals surface area contributed by atoms with Gasteiger partial charge in [0, 0.05) is 35.8 Å². The van der Waals surface area contributed by atoms with Crippen molar-refractivity contribution in [2.45, 2.75) is 19.5 Å². The van der Waals surface area contributed by atoms with E-state index in [1.165, 1.54) is 5.56 Å². The number of benzene rings is 3. The van der Waals surface area contributed by atoms with Crippen LogP contribution < -0.4 is 14.2 Å². The molecule has 0 saturated heterocycles. The van der Waals surface area contributed by atoms with Crippen LogP contribution in [-0.4, -0.2) is 35.8 Å². The largest absolute Gasteiger partial charge is 0.492 e. The molecule has 0 radical (unpaired) electrons. The predicted molar refractivity (Wildman–Crippen MR) is 125 cm³/mol. The van der Waals surface area contributed by atoms with E-state index in [2.05, 4.69) is 22.8 Å². The number of aromatic nitrogens is 1. The van der Waals surface area contributed by atoms with Gasteiger partial charge in [-0.2, -0.15) is 0 Å². The minimum absolute atomic E-state index is 0.0309. The van der Waals surface area contributed by atoms with E-state index in [-0.39, 0.29) is 12.7 Å². The third kappa shape index (κ3) is 3.30. The maximum atomic E-state index is 13.7. The first-order valence-corrected chi connectivity index (χ1v) is 11.1. The van der Waals surface area contributed by atoms with Crippen LogP contribution in [-0.2, 0) is 19.5 Å². The zero-order valence-corrected chi connectivity index (χ0v) is 18.4. The highest BCUT2D eigenvalue weighted by atomic mass is 16.7. The molecule has 6 heteroatoms. The SMILES string of the molecule is COc1c2c(cc3c1OCO3)CCN(C(=O)c1cn(Cc3ccccc3)c3ccccc13)C2. The van der Waals surface area contributed by atoms with Gasteiger partial charge in [-0.05, 0) is 29.7 Å². The van der Waals surface area contributed by atoms with Crippen LogP contribution in [0.15, 0.2) is 66.9 Å². The number of carbonyl (C=O) groups excluding carboxylic acids is 1. The van der Waals surface area contributed by atoms with Crippen LogP contribution in [0.2, 0.25) is 0 Å². The third-order valence-electron chi connectivity index (χ3n) is 6.52. The molecule has 166 valence electrons. The first-order valence-electron chi connectivity index (χ1n) is 11.1. The molecule has 0 spiro atoms. The number of carbonyl (C=O) groups is 1. The van der Waals surface area contributed by atoms with Gasteiger partial charge in [-0.25, -0.2) is 0 Å². The molecule has 0 atom stereocenters. The van der Waals surface area contributed by atoms with E-state index in [1.54, 1.807) is 7.11 Å². The molecule has 0 N–H and O–H groups in total. The summed E-state index contributed by atoms with van der Waals surface area (Å²) in [5.41, 5.74) is 5.12.